The molecule has 4 N–H and O–H groups in total. The Balaban J connectivity index is 2.82. The number of nitrogens with zero attached hydrogens (tertiary/aromatic N) is 1. The maximum Gasteiger partial charge on any atom is 0.262 e. The largest absolute Gasteiger partial charge is 0.296 e. The number of amides is 1. The topological polar surface area (TPSA) is 70.4 Å². The van der Waals surface area contributed by atoms with Gasteiger partial charge in [-0.1, -0.05) is 20.8 Å². The molecule has 0 bridgehead atoms. The summed E-state index contributed by atoms with van der Waals surface area (Å²) in [6.45, 7) is 5.85. The normalized spacial score (nSPS) is 24.6. The van der Waals surface area contributed by atoms with Crippen LogP contribution in [0.5, 0.6) is 0 Å². The van der Waals surface area contributed by atoms with Crippen LogP contribution >= 0.6 is 12.2 Å². The fraction of sp³-hybridized carbons (Fsp3) is 0.714. The first-order valence-corrected chi connectivity index (χ1v) is 4.39. The van der Waals surface area contributed by atoms with E-state index < -0.39 is 0 Å². The van der Waals surface area contributed by atoms with Crippen molar-refractivity contribution in [1.29, 1.82) is 0 Å². The van der Waals surface area contributed by atoms with Crippen LogP contribution in [0.1, 0.15) is 20.8 Å². The second-order valence-corrected chi connectivity index (χ2v) is 4.47. The van der Waals surface area contributed by atoms with Crippen molar-refractivity contribution in [2.75, 3.05) is 0 Å². The van der Waals surface area contributed by atoms with Gasteiger partial charge >= 0.3 is 0 Å². The Bertz CT molecular complexity index is 247. The van der Waals surface area contributed by atoms with E-state index in [4.69, 9.17) is 18.1 Å². The number of nitrogens with one attached hydrogen (secondary N) is 2. The molecule has 5 nitrogen and oxygen atoms in total. The quantitative estimate of drug-likeness (QED) is 0.280. The van der Waals surface area contributed by atoms with Gasteiger partial charge in [0, 0.05) is 0 Å². The van der Waals surface area contributed by atoms with Gasteiger partial charge in [-0.05, 0) is 17.6 Å². The van der Waals surface area contributed by atoms with Gasteiger partial charge in [0.05, 0.1) is 0 Å². The Kier molecular flexibility index (Phi) is 2.56. The molecular weight excluding hydrogens is 188 g/mol. The van der Waals surface area contributed by atoms with Gasteiger partial charge in [-0.2, -0.15) is 0 Å². The van der Waals surface area contributed by atoms with Gasteiger partial charge in [0.2, 0.25) is 5.11 Å². The highest BCUT2D eigenvalue weighted by Crippen LogP contribution is 2.21. The predicted octanol–water partition coefficient (Wildman–Crippen LogP) is -0.504. The van der Waals surface area contributed by atoms with E-state index in [1.807, 2.05) is 20.8 Å². The van der Waals surface area contributed by atoms with Crippen LogP contribution in [-0.2, 0) is 4.79 Å². The second kappa shape index (κ2) is 3.21. The minimum Gasteiger partial charge on any atom is -0.296 e. The number of hydrazine groups is 2. The molecular formula is C7H14N4OS. The molecule has 13 heavy (non-hydrogen) atoms. The Labute approximate surface area is 82.6 Å². The van der Waals surface area contributed by atoms with E-state index >= 15 is 0 Å². The summed E-state index contributed by atoms with van der Waals surface area (Å²) < 4.78 is 0. The SMILES string of the molecule is CC(C)(C)C1NNC(=S)N(N)C1=O. The zero-order chi connectivity index (χ0) is 10.2. The molecule has 1 aliphatic rings. The molecule has 74 valence electrons. The zero-order valence-corrected chi connectivity index (χ0v) is 8.73. The zero-order valence-electron chi connectivity index (χ0n) is 7.92. The molecule has 1 aliphatic heterocycles. The fourth-order valence-electron chi connectivity index (χ4n) is 1.08. The lowest BCUT2D eigenvalue weighted by molar-refractivity contribution is -0.134. The van der Waals surface area contributed by atoms with Gasteiger partial charge in [0.15, 0.2) is 0 Å². The second-order valence-electron chi connectivity index (χ2n) is 4.08. The van der Waals surface area contributed by atoms with E-state index in [-0.39, 0.29) is 22.5 Å². The fourth-order valence-corrected chi connectivity index (χ4v) is 1.23. The van der Waals surface area contributed by atoms with Crippen molar-refractivity contribution in [2.45, 2.75) is 26.8 Å². The van der Waals surface area contributed by atoms with Crippen molar-refractivity contribution in [3.8, 4) is 0 Å². The van der Waals surface area contributed by atoms with Crippen molar-refractivity contribution in [3.05, 3.63) is 0 Å². The van der Waals surface area contributed by atoms with Gasteiger partial charge in [-0.15, -0.1) is 0 Å². The molecule has 1 unspecified atom stereocenters. The molecule has 1 saturated heterocycles. The van der Waals surface area contributed by atoms with Crippen LogP contribution in [0.4, 0.5) is 0 Å². The smallest absolute Gasteiger partial charge is 0.262 e. The lowest BCUT2D eigenvalue weighted by atomic mass is 9.86. The van der Waals surface area contributed by atoms with Gasteiger partial charge < -0.3 is 0 Å². The van der Waals surface area contributed by atoms with Crippen LogP contribution in [0, 0.1) is 5.41 Å². The van der Waals surface area contributed by atoms with Crippen LogP contribution in [0.3, 0.4) is 0 Å². The first-order chi connectivity index (χ1) is 5.84. The Morgan fingerprint density at radius 2 is 2.08 bits per heavy atom. The van der Waals surface area contributed by atoms with Gasteiger partial charge in [0.25, 0.3) is 5.91 Å². The predicted molar refractivity (Wildman–Crippen MR) is 53.1 cm³/mol. The summed E-state index contributed by atoms with van der Waals surface area (Å²) in [7, 11) is 0. The van der Waals surface area contributed by atoms with Crippen molar-refractivity contribution in [2.24, 2.45) is 11.3 Å². The van der Waals surface area contributed by atoms with Crippen molar-refractivity contribution >= 4 is 23.2 Å². The van der Waals surface area contributed by atoms with Crippen molar-refractivity contribution in [1.82, 2.24) is 15.9 Å². The van der Waals surface area contributed by atoms with Crippen LogP contribution in [0.2, 0.25) is 0 Å². The third-order valence-electron chi connectivity index (χ3n) is 1.89. The molecule has 1 heterocycles. The summed E-state index contributed by atoms with van der Waals surface area (Å²) in [6.07, 6.45) is 0. The summed E-state index contributed by atoms with van der Waals surface area (Å²) in [4.78, 5) is 11.6. The molecule has 1 atom stereocenters. The number of thiocarbonyl (C=S) groups is 1. The standard InChI is InChI=1S/C7H14N4OS/c1-7(2,3)4-5(12)11(8)6(13)10-9-4/h4,9H,8H2,1-3H3,(H,10,13). The minimum absolute atomic E-state index is 0.197. The minimum atomic E-state index is -0.357. The van der Waals surface area contributed by atoms with Crippen LogP contribution in [0.15, 0.2) is 0 Å². The molecule has 1 rings (SSSR count). The molecule has 0 aromatic carbocycles. The number of hydrogen-bond donors (Lipinski definition) is 3. The van der Waals surface area contributed by atoms with Crippen molar-refractivity contribution in [3.63, 3.8) is 0 Å². The molecule has 0 aromatic heterocycles. The monoisotopic (exact) mass is 202 g/mol. The first kappa shape index (κ1) is 10.4. The van der Waals surface area contributed by atoms with Crippen LogP contribution in [0.25, 0.3) is 0 Å². The van der Waals surface area contributed by atoms with E-state index in [0.29, 0.717) is 0 Å². The number of rotatable bonds is 0. The van der Waals surface area contributed by atoms with E-state index in [9.17, 15) is 4.79 Å². The maximum absolute atomic E-state index is 11.6. The Morgan fingerprint density at radius 1 is 1.54 bits per heavy atom. The van der Waals surface area contributed by atoms with E-state index in [1.54, 1.807) is 0 Å². The van der Waals surface area contributed by atoms with Crippen molar-refractivity contribution < 1.29 is 4.79 Å². The molecule has 0 saturated carbocycles. The molecule has 0 aromatic rings. The molecule has 0 radical (unpaired) electrons. The molecule has 0 aliphatic carbocycles. The van der Waals surface area contributed by atoms with E-state index in [0.717, 1.165) is 5.01 Å². The third kappa shape index (κ3) is 1.96. The Morgan fingerprint density at radius 3 is 2.54 bits per heavy atom. The van der Waals surface area contributed by atoms with Crippen LogP contribution in [-0.4, -0.2) is 22.1 Å². The average molecular weight is 202 g/mol. The lowest BCUT2D eigenvalue weighted by Crippen LogP contribution is -2.68. The summed E-state index contributed by atoms with van der Waals surface area (Å²) in [6, 6.07) is -0.357. The first-order valence-electron chi connectivity index (χ1n) is 3.98. The highest BCUT2D eigenvalue weighted by Gasteiger charge is 2.38. The molecule has 1 fully saturated rings. The van der Waals surface area contributed by atoms with Crippen LogP contribution < -0.4 is 16.7 Å². The number of carbonyl (C=O) groups is 1. The maximum atomic E-state index is 11.6. The lowest BCUT2D eigenvalue weighted by Gasteiger charge is -2.37. The van der Waals surface area contributed by atoms with Gasteiger partial charge in [0.1, 0.15) is 6.04 Å². The summed E-state index contributed by atoms with van der Waals surface area (Å²) in [5.74, 6) is 5.24. The molecule has 6 heteroatoms. The molecule has 0 spiro atoms. The number of carbonyl (C=O) groups excluding carboxylic acids is 1. The van der Waals surface area contributed by atoms with Gasteiger partial charge in [-0.3, -0.25) is 10.2 Å². The van der Waals surface area contributed by atoms with Gasteiger partial charge in [-0.25, -0.2) is 16.3 Å². The summed E-state index contributed by atoms with van der Waals surface area (Å²) in [5.41, 5.74) is 5.31. The summed E-state index contributed by atoms with van der Waals surface area (Å²) >= 11 is 4.79. The average Bonchev–Trinajstić information content (AvgIpc) is 1.98. The van der Waals surface area contributed by atoms with E-state index in [2.05, 4.69) is 10.9 Å². The highest BCUT2D eigenvalue weighted by atomic mass is 32.1. The Hall–Kier alpha value is -0.720. The van der Waals surface area contributed by atoms with E-state index in [1.165, 1.54) is 0 Å². The highest BCUT2D eigenvalue weighted by molar-refractivity contribution is 7.80. The number of nitrogens with two attached hydrogens (primary N) is 1. The third-order valence-corrected chi connectivity index (χ3v) is 2.19. The molecule has 1 amide bonds. The summed E-state index contributed by atoms with van der Waals surface area (Å²) in [5, 5.41) is 1.16. The number of hydrogen-bond acceptors (Lipinski definition) is 4.